The number of rotatable bonds is 6. The van der Waals surface area contributed by atoms with Gasteiger partial charge in [0.15, 0.2) is 0 Å². The lowest BCUT2D eigenvalue weighted by Crippen LogP contribution is -2.52. The summed E-state index contributed by atoms with van der Waals surface area (Å²) >= 11 is 0. The zero-order valence-electron chi connectivity index (χ0n) is 14.3. The van der Waals surface area contributed by atoms with Crippen LogP contribution >= 0.6 is 0 Å². The quantitative estimate of drug-likeness (QED) is 0.807. The van der Waals surface area contributed by atoms with E-state index in [4.69, 9.17) is 0 Å². The highest BCUT2D eigenvalue weighted by atomic mass is 15.3. The highest BCUT2D eigenvalue weighted by molar-refractivity contribution is 4.84. The Kier molecular flexibility index (Phi) is 5.14. The van der Waals surface area contributed by atoms with E-state index >= 15 is 0 Å². The molecule has 3 nitrogen and oxygen atoms in total. The second kappa shape index (κ2) is 6.33. The first-order valence-corrected chi connectivity index (χ1v) is 8.43. The van der Waals surface area contributed by atoms with Crippen LogP contribution in [0.5, 0.6) is 0 Å². The SMILES string of the molecule is CC(C)(CNC(C)(C)C)CN1CCN(CC2CC2)CC1. The van der Waals surface area contributed by atoms with Gasteiger partial charge in [0.05, 0.1) is 0 Å². The monoisotopic (exact) mass is 281 g/mol. The molecule has 0 atom stereocenters. The predicted octanol–water partition coefficient (Wildman–Crippen LogP) is 2.43. The zero-order valence-corrected chi connectivity index (χ0v) is 14.3. The first-order valence-electron chi connectivity index (χ1n) is 8.43. The van der Waals surface area contributed by atoms with Gasteiger partial charge in [-0.15, -0.1) is 0 Å². The van der Waals surface area contributed by atoms with Crippen LogP contribution in [0.2, 0.25) is 0 Å². The fourth-order valence-corrected chi connectivity index (χ4v) is 2.96. The standard InChI is InChI=1S/C17H35N3/c1-16(2,3)18-13-17(4,5)14-20-10-8-19(9-11-20)12-15-6-7-15/h15,18H,6-14H2,1-5H3. The number of piperazine rings is 1. The van der Waals surface area contributed by atoms with Crippen LogP contribution in [0.4, 0.5) is 0 Å². The van der Waals surface area contributed by atoms with E-state index in [1.807, 2.05) is 0 Å². The second-order valence-electron chi connectivity index (χ2n) is 8.79. The van der Waals surface area contributed by atoms with Crippen molar-refractivity contribution in [2.24, 2.45) is 11.3 Å². The third kappa shape index (κ3) is 6.11. The van der Waals surface area contributed by atoms with Gasteiger partial charge in [0, 0.05) is 51.4 Å². The van der Waals surface area contributed by atoms with Gasteiger partial charge < -0.3 is 15.1 Å². The van der Waals surface area contributed by atoms with E-state index < -0.39 is 0 Å². The fraction of sp³-hybridized carbons (Fsp3) is 1.00. The summed E-state index contributed by atoms with van der Waals surface area (Å²) in [5.41, 5.74) is 0.576. The van der Waals surface area contributed by atoms with Crippen LogP contribution in [0.15, 0.2) is 0 Å². The third-order valence-corrected chi connectivity index (χ3v) is 4.43. The van der Waals surface area contributed by atoms with Crippen LogP contribution in [-0.2, 0) is 0 Å². The predicted molar refractivity (Wildman–Crippen MR) is 87.1 cm³/mol. The summed E-state index contributed by atoms with van der Waals surface area (Å²) in [6, 6.07) is 0. The Balaban J connectivity index is 1.67. The fourth-order valence-electron chi connectivity index (χ4n) is 2.96. The second-order valence-corrected chi connectivity index (χ2v) is 8.79. The topological polar surface area (TPSA) is 18.5 Å². The molecule has 3 heteroatoms. The van der Waals surface area contributed by atoms with Crippen LogP contribution in [0.1, 0.15) is 47.5 Å². The normalized spacial score (nSPS) is 23.2. The van der Waals surface area contributed by atoms with Crippen LogP contribution in [0, 0.1) is 11.3 Å². The molecule has 0 unspecified atom stereocenters. The Hall–Kier alpha value is -0.120. The first-order chi connectivity index (χ1) is 9.23. The summed E-state index contributed by atoms with van der Waals surface area (Å²) in [6.45, 7) is 20.3. The molecule has 0 bridgehead atoms. The molecule has 0 aromatic rings. The van der Waals surface area contributed by atoms with E-state index in [2.05, 4.69) is 49.7 Å². The van der Waals surface area contributed by atoms with Gasteiger partial charge >= 0.3 is 0 Å². The molecule has 0 aromatic carbocycles. The average molecular weight is 281 g/mol. The maximum absolute atomic E-state index is 3.66. The van der Waals surface area contributed by atoms with E-state index in [0.29, 0.717) is 5.41 Å². The molecular formula is C17H35N3. The molecule has 0 amide bonds. The van der Waals surface area contributed by atoms with Crippen molar-refractivity contribution < 1.29 is 0 Å². The molecule has 2 fully saturated rings. The van der Waals surface area contributed by atoms with E-state index in [9.17, 15) is 0 Å². The Morgan fingerprint density at radius 3 is 1.95 bits per heavy atom. The summed E-state index contributed by atoms with van der Waals surface area (Å²) in [6.07, 6.45) is 2.96. The lowest BCUT2D eigenvalue weighted by molar-refractivity contribution is 0.0914. The molecule has 0 radical (unpaired) electrons. The number of nitrogens with zero attached hydrogens (tertiary/aromatic N) is 2. The molecule has 1 aliphatic heterocycles. The zero-order chi connectivity index (χ0) is 14.8. The van der Waals surface area contributed by atoms with Gasteiger partial charge in [-0.3, -0.25) is 0 Å². The van der Waals surface area contributed by atoms with Crippen molar-refractivity contribution in [3.63, 3.8) is 0 Å². The Morgan fingerprint density at radius 2 is 1.45 bits per heavy atom. The molecule has 1 heterocycles. The minimum Gasteiger partial charge on any atom is -0.311 e. The minimum atomic E-state index is 0.222. The summed E-state index contributed by atoms with van der Waals surface area (Å²) in [5.74, 6) is 1.04. The lowest BCUT2D eigenvalue weighted by Gasteiger charge is -2.40. The molecule has 0 aromatic heterocycles. The summed E-state index contributed by atoms with van der Waals surface area (Å²) in [4.78, 5) is 5.34. The van der Waals surface area contributed by atoms with E-state index in [1.165, 1.54) is 52.1 Å². The molecule has 1 saturated carbocycles. The van der Waals surface area contributed by atoms with Crippen molar-refractivity contribution in [1.29, 1.82) is 0 Å². The first kappa shape index (κ1) is 16.3. The average Bonchev–Trinajstić information content (AvgIpc) is 3.12. The summed E-state index contributed by atoms with van der Waals surface area (Å²) in [7, 11) is 0. The molecule has 0 spiro atoms. The van der Waals surface area contributed by atoms with Crippen molar-refractivity contribution in [2.75, 3.05) is 45.8 Å². The molecule has 1 N–H and O–H groups in total. The summed E-state index contributed by atoms with van der Waals surface area (Å²) < 4.78 is 0. The van der Waals surface area contributed by atoms with Gasteiger partial charge in [-0.1, -0.05) is 13.8 Å². The molecule has 20 heavy (non-hydrogen) atoms. The lowest BCUT2D eigenvalue weighted by atomic mass is 9.91. The van der Waals surface area contributed by atoms with Crippen LogP contribution in [0.3, 0.4) is 0 Å². The highest BCUT2D eigenvalue weighted by Gasteiger charge is 2.29. The Labute approximate surface area is 126 Å². The smallest absolute Gasteiger partial charge is 0.0110 e. The van der Waals surface area contributed by atoms with Crippen molar-refractivity contribution in [2.45, 2.75) is 53.0 Å². The molecule has 1 aliphatic carbocycles. The Morgan fingerprint density at radius 1 is 0.900 bits per heavy atom. The van der Waals surface area contributed by atoms with Crippen molar-refractivity contribution in [3.05, 3.63) is 0 Å². The van der Waals surface area contributed by atoms with E-state index in [0.717, 1.165) is 12.5 Å². The maximum Gasteiger partial charge on any atom is 0.0110 e. The van der Waals surface area contributed by atoms with Crippen LogP contribution < -0.4 is 5.32 Å². The van der Waals surface area contributed by atoms with Crippen molar-refractivity contribution in [1.82, 2.24) is 15.1 Å². The minimum absolute atomic E-state index is 0.222. The highest BCUT2D eigenvalue weighted by Crippen LogP contribution is 2.30. The molecule has 2 rings (SSSR count). The van der Waals surface area contributed by atoms with Crippen LogP contribution in [0.25, 0.3) is 0 Å². The number of hydrogen-bond acceptors (Lipinski definition) is 3. The third-order valence-electron chi connectivity index (χ3n) is 4.43. The van der Waals surface area contributed by atoms with E-state index in [-0.39, 0.29) is 5.54 Å². The molecule has 1 saturated heterocycles. The van der Waals surface area contributed by atoms with Crippen molar-refractivity contribution >= 4 is 0 Å². The van der Waals surface area contributed by atoms with Crippen molar-refractivity contribution in [3.8, 4) is 0 Å². The maximum atomic E-state index is 3.66. The van der Waals surface area contributed by atoms with Gasteiger partial charge in [-0.25, -0.2) is 0 Å². The molecule has 118 valence electrons. The number of hydrogen-bond donors (Lipinski definition) is 1. The van der Waals surface area contributed by atoms with Gasteiger partial charge in [0.25, 0.3) is 0 Å². The number of nitrogens with one attached hydrogen (secondary N) is 1. The van der Waals surface area contributed by atoms with Crippen LogP contribution in [-0.4, -0.2) is 61.2 Å². The van der Waals surface area contributed by atoms with E-state index in [1.54, 1.807) is 0 Å². The van der Waals surface area contributed by atoms with Gasteiger partial charge in [0.2, 0.25) is 0 Å². The van der Waals surface area contributed by atoms with Gasteiger partial charge in [-0.2, -0.15) is 0 Å². The van der Waals surface area contributed by atoms with Gasteiger partial charge in [-0.05, 0) is 44.9 Å². The summed E-state index contributed by atoms with van der Waals surface area (Å²) in [5, 5.41) is 3.66. The largest absolute Gasteiger partial charge is 0.311 e. The molecular weight excluding hydrogens is 246 g/mol. The molecule has 2 aliphatic rings. The van der Waals surface area contributed by atoms with Gasteiger partial charge in [0.1, 0.15) is 0 Å². The Bertz CT molecular complexity index is 294.